The Morgan fingerprint density at radius 3 is 2.00 bits per heavy atom. The monoisotopic (exact) mass is 365 g/mol. The summed E-state index contributed by atoms with van der Waals surface area (Å²) in [7, 11) is 0. The van der Waals surface area contributed by atoms with Crippen molar-refractivity contribution in [3.63, 3.8) is 0 Å². The fraction of sp³-hybridized carbons (Fsp3) is 1.00. The van der Waals surface area contributed by atoms with Crippen molar-refractivity contribution in [1.29, 1.82) is 0 Å². The third-order valence-corrected chi connectivity index (χ3v) is 2.00. The minimum absolute atomic E-state index is 0. The number of rotatable bonds is 3. The van der Waals surface area contributed by atoms with Crippen molar-refractivity contribution in [2.45, 2.75) is 17.8 Å². The molecule has 0 aromatic carbocycles. The fourth-order valence-electron chi connectivity index (χ4n) is 0.442. The van der Waals surface area contributed by atoms with Gasteiger partial charge in [0.25, 0.3) is 0 Å². The summed E-state index contributed by atoms with van der Waals surface area (Å²) >= 11 is 11.1. The first-order valence-corrected chi connectivity index (χ1v) is 3.61. The smallest absolute Gasteiger partial charge is 0.169 e. The van der Waals surface area contributed by atoms with E-state index in [0.29, 0.717) is 6.54 Å². The van der Waals surface area contributed by atoms with Crippen LogP contribution in [0.5, 0.6) is 0 Å². The second kappa shape index (κ2) is 5.79. The van der Waals surface area contributed by atoms with Crippen LogP contribution >= 0.6 is 23.2 Å². The zero-order chi connectivity index (χ0) is 7.49. The van der Waals surface area contributed by atoms with Crippen molar-refractivity contribution in [2.24, 2.45) is 17.4 Å². The molecule has 2 nitrogen and oxygen atoms in total. The number of alkyl halides is 2. The Morgan fingerprint density at radius 2 is 1.90 bits per heavy atom. The molecule has 0 rings (SSSR count). The number of hydrogen-bond acceptors (Lipinski definition) is 2. The van der Waals surface area contributed by atoms with Gasteiger partial charge in [-0.15, -0.1) is 0 Å². The summed E-state index contributed by atoms with van der Waals surface area (Å²) in [6.45, 7) is 2.44. The van der Waals surface area contributed by atoms with Crippen LogP contribution in [-0.2, 0) is 21.1 Å². The molecule has 1 unspecified atom stereocenters. The molecule has 5 heteroatoms. The van der Waals surface area contributed by atoms with Crippen LogP contribution in [0.15, 0.2) is 0 Å². The van der Waals surface area contributed by atoms with Crippen LogP contribution in [-0.4, -0.2) is 11.0 Å². The van der Waals surface area contributed by atoms with E-state index in [1.54, 1.807) is 0 Å². The number of hydrogen-bond donors (Lipinski definition) is 2. The van der Waals surface area contributed by atoms with Crippen molar-refractivity contribution in [2.75, 3.05) is 6.54 Å². The van der Waals surface area contributed by atoms with E-state index in [1.165, 1.54) is 0 Å². The standard InChI is InChI=1S/C5H12Cl2N2.Pt/c1-4(2-3-8)5(6,7)9;/h4H,2-3,8-9H2,1H3;. The van der Waals surface area contributed by atoms with Gasteiger partial charge in [0.15, 0.2) is 4.46 Å². The quantitative estimate of drug-likeness (QED) is 0.580. The molecule has 0 amide bonds. The molecule has 0 aromatic heterocycles. The summed E-state index contributed by atoms with van der Waals surface area (Å²) in [5.41, 5.74) is 10.6. The molecule has 0 aliphatic heterocycles. The molecule has 66 valence electrons. The van der Waals surface area contributed by atoms with E-state index in [0.717, 1.165) is 6.42 Å². The predicted octanol–water partition coefficient (Wildman–Crippen LogP) is 1.06. The molecule has 0 aliphatic carbocycles. The fourth-order valence-corrected chi connectivity index (χ4v) is 0.661. The van der Waals surface area contributed by atoms with Gasteiger partial charge in [-0.1, -0.05) is 30.1 Å². The van der Waals surface area contributed by atoms with E-state index in [9.17, 15) is 0 Å². The second-order valence-corrected chi connectivity index (χ2v) is 3.60. The molecular weight excluding hydrogens is 354 g/mol. The third-order valence-electron chi connectivity index (χ3n) is 1.26. The molecule has 0 saturated heterocycles. The van der Waals surface area contributed by atoms with Crippen LogP contribution in [0.2, 0.25) is 0 Å². The minimum atomic E-state index is -1.13. The normalized spacial score (nSPS) is 14.1. The largest absolute Gasteiger partial charge is 0.330 e. The maximum absolute atomic E-state index is 5.55. The Labute approximate surface area is 85.9 Å². The van der Waals surface area contributed by atoms with Gasteiger partial charge in [0.05, 0.1) is 0 Å². The molecule has 4 N–H and O–H groups in total. The Kier molecular flexibility index (Phi) is 7.96. The van der Waals surface area contributed by atoms with Crippen LogP contribution in [0.25, 0.3) is 0 Å². The third kappa shape index (κ3) is 5.93. The van der Waals surface area contributed by atoms with Gasteiger partial charge in [0.2, 0.25) is 0 Å². The molecule has 10 heavy (non-hydrogen) atoms. The molecule has 0 aliphatic rings. The molecule has 0 fully saturated rings. The molecular formula is C5H12Cl2N2Pt. The SMILES string of the molecule is CC(CCN)C(N)(Cl)Cl.[Pt]. The summed E-state index contributed by atoms with van der Waals surface area (Å²) in [5.74, 6) is 0.0471. The molecule has 0 bridgehead atoms. The molecule has 0 heterocycles. The van der Waals surface area contributed by atoms with E-state index in [-0.39, 0.29) is 27.0 Å². The van der Waals surface area contributed by atoms with Crippen LogP contribution in [0.4, 0.5) is 0 Å². The number of nitrogens with two attached hydrogens (primary N) is 2. The van der Waals surface area contributed by atoms with E-state index >= 15 is 0 Å². The van der Waals surface area contributed by atoms with Gasteiger partial charge in [-0.25, -0.2) is 0 Å². The first kappa shape index (κ1) is 13.8. The Balaban J connectivity index is 0. The maximum Gasteiger partial charge on any atom is 0.169 e. The van der Waals surface area contributed by atoms with Gasteiger partial charge in [0.1, 0.15) is 0 Å². The van der Waals surface area contributed by atoms with Gasteiger partial charge in [-0.3, -0.25) is 5.73 Å². The first-order valence-electron chi connectivity index (χ1n) is 2.85. The predicted molar refractivity (Wildman–Crippen MR) is 41.5 cm³/mol. The van der Waals surface area contributed by atoms with E-state index in [4.69, 9.17) is 34.7 Å². The van der Waals surface area contributed by atoms with Crippen molar-refractivity contribution in [1.82, 2.24) is 0 Å². The summed E-state index contributed by atoms with van der Waals surface area (Å²) in [6, 6.07) is 0. The van der Waals surface area contributed by atoms with E-state index in [1.807, 2.05) is 6.92 Å². The van der Waals surface area contributed by atoms with Gasteiger partial charge < -0.3 is 5.73 Å². The molecule has 1 atom stereocenters. The first-order chi connectivity index (χ1) is 3.98. The van der Waals surface area contributed by atoms with Gasteiger partial charge in [-0.2, -0.15) is 0 Å². The van der Waals surface area contributed by atoms with E-state index < -0.39 is 4.46 Å². The zero-order valence-corrected chi connectivity index (χ0v) is 9.50. The van der Waals surface area contributed by atoms with Crippen LogP contribution in [0.3, 0.4) is 0 Å². The molecule has 0 radical (unpaired) electrons. The van der Waals surface area contributed by atoms with Crippen molar-refractivity contribution in [3.05, 3.63) is 0 Å². The summed E-state index contributed by atoms with van der Waals surface area (Å²) in [5, 5.41) is 0. The maximum atomic E-state index is 5.55. The van der Waals surface area contributed by atoms with Gasteiger partial charge in [0, 0.05) is 27.0 Å². The topological polar surface area (TPSA) is 52.0 Å². The Hall–Kier alpha value is 1.19. The number of halogens is 2. The zero-order valence-electron chi connectivity index (χ0n) is 5.72. The van der Waals surface area contributed by atoms with Crippen molar-refractivity contribution < 1.29 is 21.1 Å². The average Bonchev–Trinajstić information content (AvgIpc) is 1.64. The molecule has 0 saturated carbocycles. The average molecular weight is 366 g/mol. The van der Waals surface area contributed by atoms with Gasteiger partial charge >= 0.3 is 0 Å². The Morgan fingerprint density at radius 1 is 1.50 bits per heavy atom. The second-order valence-electron chi connectivity index (χ2n) is 2.15. The van der Waals surface area contributed by atoms with E-state index in [2.05, 4.69) is 0 Å². The summed E-state index contributed by atoms with van der Waals surface area (Å²) in [6.07, 6.45) is 0.753. The van der Waals surface area contributed by atoms with Gasteiger partial charge in [-0.05, 0) is 13.0 Å². The van der Waals surface area contributed by atoms with Crippen LogP contribution in [0.1, 0.15) is 13.3 Å². The Bertz CT molecular complexity index is 84.2. The molecule has 0 spiro atoms. The summed E-state index contributed by atoms with van der Waals surface area (Å²) < 4.78 is -1.13. The van der Waals surface area contributed by atoms with Crippen LogP contribution in [0, 0.1) is 5.92 Å². The van der Waals surface area contributed by atoms with Crippen LogP contribution < -0.4 is 11.5 Å². The van der Waals surface area contributed by atoms with Crippen molar-refractivity contribution in [3.8, 4) is 0 Å². The summed E-state index contributed by atoms with van der Waals surface area (Å²) in [4.78, 5) is 0. The minimum Gasteiger partial charge on any atom is -0.330 e. The van der Waals surface area contributed by atoms with Crippen molar-refractivity contribution >= 4 is 23.2 Å². The molecule has 0 aromatic rings.